The lowest BCUT2D eigenvalue weighted by Crippen LogP contribution is -2.33. The van der Waals surface area contributed by atoms with E-state index in [0.29, 0.717) is 17.0 Å². The van der Waals surface area contributed by atoms with E-state index in [1.807, 2.05) is 0 Å². The minimum atomic E-state index is -3.93. The zero-order valence-corrected chi connectivity index (χ0v) is 18.1. The molecule has 1 amide bonds. The van der Waals surface area contributed by atoms with Crippen molar-refractivity contribution >= 4 is 37.3 Å². The number of rotatable bonds is 5. The van der Waals surface area contributed by atoms with E-state index in [-0.39, 0.29) is 16.3 Å². The summed E-state index contributed by atoms with van der Waals surface area (Å²) in [5.41, 5.74) is -0.276. The van der Waals surface area contributed by atoms with Crippen molar-refractivity contribution in [2.75, 3.05) is 21.9 Å². The molecular formula is C19H22N2O6S2. The first-order valence-electron chi connectivity index (χ1n) is 8.72. The Morgan fingerprint density at radius 2 is 1.83 bits per heavy atom. The van der Waals surface area contributed by atoms with E-state index in [2.05, 4.69) is 4.72 Å². The number of aryl methyl sites for hydroxylation is 1. The Hall–Kier alpha value is -2.59. The van der Waals surface area contributed by atoms with Crippen LogP contribution in [0.3, 0.4) is 0 Å². The number of amides is 1. The highest BCUT2D eigenvalue weighted by Crippen LogP contribution is 2.37. The van der Waals surface area contributed by atoms with Gasteiger partial charge in [-0.2, -0.15) is 0 Å². The minimum Gasteiger partial charge on any atom is -0.497 e. The molecule has 1 aliphatic rings. The number of nitrogens with one attached hydrogen (secondary N) is 1. The quantitative estimate of drug-likeness (QED) is 0.768. The van der Waals surface area contributed by atoms with Crippen LogP contribution in [0.1, 0.15) is 19.4 Å². The molecule has 1 heterocycles. The van der Waals surface area contributed by atoms with Crippen LogP contribution in [0, 0.1) is 12.3 Å². The van der Waals surface area contributed by atoms with Crippen molar-refractivity contribution in [1.82, 2.24) is 0 Å². The van der Waals surface area contributed by atoms with Crippen LogP contribution in [0.15, 0.2) is 47.4 Å². The van der Waals surface area contributed by atoms with E-state index < -0.39 is 31.4 Å². The Kier molecular flexibility index (Phi) is 5.12. The molecule has 2 aromatic carbocycles. The number of anilines is 2. The Labute approximate surface area is 170 Å². The van der Waals surface area contributed by atoms with E-state index in [1.165, 1.54) is 25.3 Å². The molecule has 29 heavy (non-hydrogen) atoms. The smallest absolute Gasteiger partial charge is 0.262 e. The largest absolute Gasteiger partial charge is 0.497 e. The molecule has 0 atom stereocenters. The lowest BCUT2D eigenvalue weighted by atomic mass is 9.95. The van der Waals surface area contributed by atoms with Gasteiger partial charge in [0, 0.05) is 6.07 Å². The molecule has 0 unspecified atom stereocenters. The second kappa shape index (κ2) is 7.03. The van der Waals surface area contributed by atoms with Gasteiger partial charge in [0.05, 0.1) is 34.5 Å². The van der Waals surface area contributed by atoms with Crippen LogP contribution in [0.2, 0.25) is 0 Å². The second-order valence-electron chi connectivity index (χ2n) is 7.50. The van der Waals surface area contributed by atoms with Gasteiger partial charge in [-0.05, 0) is 56.7 Å². The van der Waals surface area contributed by atoms with Gasteiger partial charge in [-0.25, -0.2) is 21.1 Å². The Bertz CT molecular complexity index is 1190. The van der Waals surface area contributed by atoms with Crippen LogP contribution in [0.4, 0.5) is 11.4 Å². The predicted molar refractivity (Wildman–Crippen MR) is 110 cm³/mol. The topological polar surface area (TPSA) is 110 Å². The molecule has 0 aliphatic carbocycles. The van der Waals surface area contributed by atoms with Gasteiger partial charge in [0.1, 0.15) is 5.75 Å². The van der Waals surface area contributed by atoms with E-state index in [9.17, 15) is 21.6 Å². The van der Waals surface area contributed by atoms with Gasteiger partial charge in [0.15, 0.2) is 0 Å². The number of carbonyl (C=O) groups excluding carboxylic acids is 1. The third-order valence-corrected chi connectivity index (χ3v) is 8.15. The highest BCUT2D eigenvalue weighted by Gasteiger charge is 2.50. The number of hydrogen-bond acceptors (Lipinski definition) is 6. The van der Waals surface area contributed by atoms with E-state index in [4.69, 9.17) is 4.74 Å². The fourth-order valence-corrected chi connectivity index (χ4v) is 6.60. The number of nitrogens with zero attached hydrogens (tertiary/aromatic N) is 1. The van der Waals surface area contributed by atoms with Crippen LogP contribution < -0.4 is 13.8 Å². The van der Waals surface area contributed by atoms with Gasteiger partial charge in [-0.15, -0.1) is 0 Å². The summed E-state index contributed by atoms with van der Waals surface area (Å²) in [7, 11) is -6.27. The van der Waals surface area contributed by atoms with E-state index in [0.717, 1.165) is 4.31 Å². The molecule has 8 nitrogen and oxygen atoms in total. The molecule has 0 spiro atoms. The summed E-state index contributed by atoms with van der Waals surface area (Å²) in [5.74, 6) is -0.338. The average molecular weight is 439 g/mol. The fraction of sp³-hybridized carbons (Fsp3) is 0.316. The summed E-state index contributed by atoms with van der Waals surface area (Å²) in [5, 5.41) is 0. The van der Waals surface area contributed by atoms with Gasteiger partial charge in [0.2, 0.25) is 15.9 Å². The lowest BCUT2D eigenvalue weighted by Gasteiger charge is -2.19. The molecule has 2 aromatic rings. The Morgan fingerprint density at radius 1 is 1.14 bits per heavy atom. The van der Waals surface area contributed by atoms with Gasteiger partial charge < -0.3 is 4.74 Å². The molecule has 10 heteroatoms. The minimum absolute atomic E-state index is 0.0210. The maximum Gasteiger partial charge on any atom is 0.262 e. The number of ether oxygens (including phenoxy) is 1. The fourth-order valence-electron chi connectivity index (χ4n) is 3.22. The summed E-state index contributed by atoms with van der Waals surface area (Å²) in [6.07, 6.45) is 0. The summed E-state index contributed by atoms with van der Waals surface area (Å²) in [4.78, 5) is 12.5. The first-order chi connectivity index (χ1) is 13.4. The standard InChI is InChI=1S/C19H22N2O6S2/c1-13-10-15(21-18(22)19(2,3)12-28(21,23)24)8-9-17(13)29(25,26)20-14-6-5-7-16(11-14)27-4/h5-11,20H,12H2,1-4H3. The average Bonchev–Trinajstić information content (AvgIpc) is 2.77. The monoisotopic (exact) mass is 438 g/mol. The third kappa shape index (κ3) is 3.95. The van der Waals surface area contributed by atoms with E-state index >= 15 is 0 Å². The number of methoxy groups -OCH3 is 1. The van der Waals surface area contributed by atoms with E-state index in [1.54, 1.807) is 45.0 Å². The Balaban J connectivity index is 1.96. The number of benzene rings is 2. The maximum atomic E-state index is 12.8. The summed E-state index contributed by atoms with van der Waals surface area (Å²) in [6, 6.07) is 10.5. The van der Waals surface area contributed by atoms with Gasteiger partial charge in [0.25, 0.3) is 10.0 Å². The molecular weight excluding hydrogens is 416 g/mol. The molecule has 0 bridgehead atoms. The summed E-state index contributed by atoms with van der Waals surface area (Å²) >= 11 is 0. The molecule has 0 aromatic heterocycles. The van der Waals surface area contributed by atoms with Crippen molar-refractivity contribution in [2.24, 2.45) is 5.41 Å². The van der Waals surface area contributed by atoms with Crippen LogP contribution in [-0.4, -0.2) is 35.6 Å². The zero-order valence-electron chi connectivity index (χ0n) is 16.5. The van der Waals surface area contributed by atoms with Crippen LogP contribution in [0.5, 0.6) is 5.75 Å². The molecule has 1 N–H and O–H groups in total. The van der Waals surface area contributed by atoms with Crippen molar-refractivity contribution in [2.45, 2.75) is 25.7 Å². The highest BCUT2D eigenvalue weighted by molar-refractivity contribution is 7.94. The summed E-state index contributed by atoms with van der Waals surface area (Å²) in [6.45, 7) is 4.68. The van der Waals surface area contributed by atoms with Gasteiger partial charge in [-0.1, -0.05) is 6.07 Å². The molecule has 156 valence electrons. The molecule has 0 radical (unpaired) electrons. The third-order valence-electron chi connectivity index (χ3n) is 4.59. The van der Waals surface area contributed by atoms with Crippen molar-refractivity contribution < 1.29 is 26.4 Å². The molecule has 3 rings (SSSR count). The SMILES string of the molecule is COc1cccc(NS(=O)(=O)c2ccc(N3C(=O)C(C)(C)CS3(=O)=O)cc2C)c1. The molecule has 1 fully saturated rings. The second-order valence-corrected chi connectivity index (χ2v) is 11.0. The van der Waals surface area contributed by atoms with Crippen molar-refractivity contribution in [3.63, 3.8) is 0 Å². The molecule has 0 saturated carbocycles. The number of carbonyl (C=O) groups is 1. The normalized spacial score (nSPS) is 17.9. The maximum absolute atomic E-state index is 12.8. The Morgan fingerprint density at radius 3 is 2.38 bits per heavy atom. The molecule has 1 aliphatic heterocycles. The zero-order chi connectivity index (χ0) is 21.6. The highest BCUT2D eigenvalue weighted by atomic mass is 32.2. The first kappa shape index (κ1) is 21.1. The number of sulfonamides is 2. The van der Waals surface area contributed by atoms with Gasteiger partial charge in [-0.3, -0.25) is 9.52 Å². The van der Waals surface area contributed by atoms with Crippen LogP contribution >= 0.6 is 0 Å². The molecule has 1 saturated heterocycles. The van der Waals surface area contributed by atoms with Crippen LogP contribution in [-0.2, 0) is 24.8 Å². The van der Waals surface area contributed by atoms with Crippen molar-refractivity contribution in [3.8, 4) is 5.75 Å². The van der Waals surface area contributed by atoms with Crippen LogP contribution in [0.25, 0.3) is 0 Å². The van der Waals surface area contributed by atoms with Gasteiger partial charge >= 0.3 is 0 Å². The summed E-state index contributed by atoms with van der Waals surface area (Å²) < 4.78 is 58.8. The number of hydrogen-bond donors (Lipinski definition) is 1. The van der Waals surface area contributed by atoms with Crippen molar-refractivity contribution in [1.29, 1.82) is 0 Å². The van der Waals surface area contributed by atoms with Crippen molar-refractivity contribution in [3.05, 3.63) is 48.0 Å². The predicted octanol–water partition coefficient (Wildman–Crippen LogP) is 2.51. The first-order valence-corrected chi connectivity index (χ1v) is 11.8. The lowest BCUT2D eigenvalue weighted by molar-refractivity contribution is -0.123.